The first-order chi connectivity index (χ1) is 13.0. The quantitative estimate of drug-likeness (QED) is 0.620. The molecule has 3 aromatic rings. The molecular weight excluding hydrogens is 358 g/mol. The lowest BCUT2D eigenvalue weighted by Crippen LogP contribution is -2.16. The van der Waals surface area contributed by atoms with Gasteiger partial charge in [-0.3, -0.25) is 10.1 Å². The number of pyridine rings is 1. The van der Waals surface area contributed by atoms with Gasteiger partial charge in [-0.15, -0.1) is 10.2 Å². The number of aryl methyl sites for hydroxylation is 1. The number of benzene rings is 1. The Morgan fingerprint density at radius 1 is 1.19 bits per heavy atom. The van der Waals surface area contributed by atoms with Crippen LogP contribution in [0.25, 0.3) is 0 Å². The summed E-state index contributed by atoms with van der Waals surface area (Å²) in [6.07, 6.45) is 2.56. The van der Waals surface area contributed by atoms with E-state index >= 15 is 0 Å². The molecule has 0 spiro atoms. The number of anilines is 2. The monoisotopic (exact) mass is 381 g/mol. The van der Waals surface area contributed by atoms with Gasteiger partial charge in [0.05, 0.1) is 11.6 Å². The summed E-state index contributed by atoms with van der Waals surface area (Å²) < 4.78 is 0. The van der Waals surface area contributed by atoms with Crippen molar-refractivity contribution in [3.8, 4) is 0 Å². The van der Waals surface area contributed by atoms with Gasteiger partial charge in [0.2, 0.25) is 5.13 Å². The minimum absolute atomic E-state index is 0.166. The second-order valence-electron chi connectivity index (χ2n) is 6.81. The highest BCUT2D eigenvalue weighted by Crippen LogP contribution is 2.27. The fourth-order valence-corrected chi connectivity index (χ4v) is 3.34. The summed E-state index contributed by atoms with van der Waals surface area (Å²) in [5, 5.41) is 14.2. The first-order valence-corrected chi connectivity index (χ1v) is 9.76. The summed E-state index contributed by atoms with van der Waals surface area (Å²) >= 11 is 1.28. The average molecular weight is 382 g/mol. The Labute approximate surface area is 163 Å². The molecule has 2 aromatic heterocycles. The van der Waals surface area contributed by atoms with Gasteiger partial charge in [-0.25, -0.2) is 4.98 Å². The molecule has 2 N–H and O–H groups in total. The molecule has 0 bridgehead atoms. The molecule has 1 amide bonds. The lowest BCUT2D eigenvalue weighted by Gasteiger charge is -2.23. The number of hydrogen-bond donors (Lipinski definition) is 2. The highest BCUT2D eigenvalue weighted by Gasteiger charge is 2.16. The van der Waals surface area contributed by atoms with Crippen LogP contribution in [0.2, 0.25) is 0 Å². The van der Waals surface area contributed by atoms with E-state index in [-0.39, 0.29) is 11.9 Å². The highest BCUT2D eigenvalue weighted by molar-refractivity contribution is 7.13. The van der Waals surface area contributed by atoms with Gasteiger partial charge in [0, 0.05) is 6.20 Å². The predicted molar refractivity (Wildman–Crippen MR) is 109 cm³/mol. The lowest BCUT2D eigenvalue weighted by molar-refractivity contribution is 0.102. The fraction of sp³-hybridized carbons (Fsp3) is 0.300. The molecule has 27 heavy (non-hydrogen) atoms. The summed E-state index contributed by atoms with van der Waals surface area (Å²) in [6.45, 7) is 6.54. The van der Waals surface area contributed by atoms with Crippen LogP contribution in [-0.2, 0) is 0 Å². The van der Waals surface area contributed by atoms with Crippen molar-refractivity contribution in [2.24, 2.45) is 5.92 Å². The van der Waals surface area contributed by atoms with E-state index in [0.29, 0.717) is 16.6 Å². The Bertz CT molecular complexity index is 878. The number of rotatable bonds is 7. The van der Waals surface area contributed by atoms with Crippen molar-refractivity contribution in [1.82, 2.24) is 15.2 Å². The van der Waals surface area contributed by atoms with Crippen LogP contribution in [0.5, 0.6) is 0 Å². The molecule has 1 unspecified atom stereocenters. The zero-order valence-corrected chi connectivity index (χ0v) is 16.5. The first-order valence-electron chi connectivity index (χ1n) is 8.88. The van der Waals surface area contributed by atoms with Gasteiger partial charge in [0.25, 0.3) is 5.91 Å². The number of amides is 1. The van der Waals surface area contributed by atoms with Gasteiger partial charge in [-0.2, -0.15) is 0 Å². The lowest BCUT2D eigenvalue weighted by atomic mass is 9.94. The van der Waals surface area contributed by atoms with E-state index in [4.69, 9.17) is 0 Å². The van der Waals surface area contributed by atoms with Crippen molar-refractivity contribution in [2.75, 3.05) is 10.6 Å². The average Bonchev–Trinajstić information content (AvgIpc) is 3.15. The van der Waals surface area contributed by atoms with E-state index in [1.165, 1.54) is 22.5 Å². The third-order valence-electron chi connectivity index (χ3n) is 4.20. The van der Waals surface area contributed by atoms with Crippen molar-refractivity contribution in [2.45, 2.75) is 33.2 Å². The normalized spacial score (nSPS) is 12.0. The Hall–Kier alpha value is -2.80. The maximum atomic E-state index is 12.2. The summed E-state index contributed by atoms with van der Waals surface area (Å²) in [7, 11) is 0. The van der Waals surface area contributed by atoms with E-state index in [1.54, 1.807) is 17.8 Å². The van der Waals surface area contributed by atoms with Gasteiger partial charge in [-0.1, -0.05) is 49.4 Å². The second-order valence-corrected chi connectivity index (χ2v) is 7.65. The standard InChI is InChI=1S/C20H23N5OS/c1-13(2)10-17(16-7-5-4-6-14(16)3)23-18-9-8-15(11-21-18)19(26)24-20-25-22-12-27-20/h4-9,11-13,17H,10H2,1-3H3,(H,21,23)(H,24,25,26). The van der Waals surface area contributed by atoms with Crippen LogP contribution < -0.4 is 10.6 Å². The number of nitrogens with zero attached hydrogens (tertiary/aromatic N) is 3. The highest BCUT2D eigenvalue weighted by atomic mass is 32.1. The Balaban J connectivity index is 1.73. The predicted octanol–water partition coefficient (Wildman–Crippen LogP) is 4.69. The Kier molecular flexibility index (Phi) is 6.13. The minimum Gasteiger partial charge on any atom is -0.363 e. The van der Waals surface area contributed by atoms with Crippen molar-refractivity contribution in [3.63, 3.8) is 0 Å². The fourth-order valence-electron chi connectivity index (χ4n) is 2.90. The number of carbonyl (C=O) groups is 1. The minimum atomic E-state index is -0.247. The molecule has 7 heteroatoms. The summed E-state index contributed by atoms with van der Waals surface area (Å²) in [5.74, 6) is 1.04. The van der Waals surface area contributed by atoms with Gasteiger partial charge in [0.1, 0.15) is 11.3 Å². The van der Waals surface area contributed by atoms with Crippen molar-refractivity contribution < 1.29 is 4.79 Å². The van der Waals surface area contributed by atoms with Gasteiger partial charge >= 0.3 is 0 Å². The molecule has 0 saturated heterocycles. The SMILES string of the molecule is Cc1ccccc1C(CC(C)C)Nc1ccc(C(=O)Nc2nncs2)cn1. The van der Waals surface area contributed by atoms with Crippen LogP contribution >= 0.6 is 11.3 Å². The molecule has 2 heterocycles. The topological polar surface area (TPSA) is 79.8 Å². The van der Waals surface area contributed by atoms with Crippen LogP contribution in [0.3, 0.4) is 0 Å². The van der Waals surface area contributed by atoms with Gasteiger partial charge in [-0.05, 0) is 42.5 Å². The third kappa shape index (κ3) is 5.10. The number of carbonyl (C=O) groups excluding carboxylic acids is 1. The molecule has 0 fully saturated rings. The third-order valence-corrected chi connectivity index (χ3v) is 4.81. The molecular formula is C20H23N5OS. The van der Waals surface area contributed by atoms with Gasteiger partial charge in [0.15, 0.2) is 0 Å². The summed E-state index contributed by atoms with van der Waals surface area (Å²) in [4.78, 5) is 16.7. The molecule has 0 aliphatic rings. The largest absolute Gasteiger partial charge is 0.363 e. The molecule has 0 aliphatic carbocycles. The van der Waals surface area contributed by atoms with Crippen LogP contribution in [0.4, 0.5) is 10.9 Å². The van der Waals surface area contributed by atoms with Crippen LogP contribution in [0, 0.1) is 12.8 Å². The number of nitrogens with one attached hydrogen (secondary N) is 2. The second kappa shape index (κ2) is 8.73. The zero-order chi connectivity index (χ0) is 19.2. The molecule has 1 aromatic carbocycles. The first kappa shape index (κ1) is 19.0. The van der Waals surface area contributed by atoms with Crippen LogP contribution in [0.1, 0.15) is 47.8 Å². The smallest absolute Gasteiger partial charge is 0.259 e. The molecule has 140 valence electrons. The summed E-state index contributed by atoms with van der Waals surface area (Å²) in [5.41, 5.74) is 4.57. The zero-order valence-electron chi connectivity index (χ0n) is 15.6. The van der Waals surface area contributed by atoms with Crippen molar-refractivity contribution >= 4 is 28.2 Å². The molecule has 3 rings (SSSR count). The molecule has 0 radical (unpaired) electrons. The van der Waals surface area contributed by atoms with Crippen LogP contribution in [-0.4, -0.2) is 21.1 Å². The Morgan fingerprint density at radius 2 is 2.00 bits per heavy atom. The maximum Gasteiger partial charge on any atom is 0.259 e. The summed E-state index contributed by atoms with van der Waals surface area (Å²) in [6, 6.07) is 12.1. The molecule has 6 nitrogen and oxygen atoms in total. The molecule has 1 atom stereocenters. The molecule has 0 aliphatic heterocycles. The number of hydrogen-bond acceptors (Lipinski definition) is 6. The number of aromatic nitrogens is 3. The van der Waals surface area contributed by atoms with Crippen molar-refractivity contribution in [1.29, 1.82) is 0 Å². The van der Waals surface area contributed by atoms with Crippen molar-refractivity contribution in [3.05, 3.63) is 64.8 Å². The maximum absolute atomic E-state index is 12.2. The van der Waals surface area contributed by atoms with E-state index in [1.807, 2.05) is 6.07 Å². The van der Waals surface area contributed by atoms with E-state index < -0.39 is 0 Å². The Morgan fingerprint density at radius 3 is 2.63 bits per heavy atom. The van der Waals surface area contributed by atoms with E-state index in [2.05, 4.69) is 70.9 Å². The molecule has 0 saturated carbocycles. The van der Waals surface area contributed by atoms with Crippen LogP contribution in [0.15, 0.2) is 48.1 Å². The van der Waals surface area contributed by atoms with E-state index in [0.717, 1.165) is 12.2 Å². The van der Waals surface area contributed by atoms with Gasteiger partial charge < -0.3 is 5.32 Å². The van der Waals surface area contributed by atoms with E-state index in [9.17, 15) is 4.79 Å².